The van der Waals surface area contributed by atoms with E-state index in [9.17, 15) is 0 Å². The summed E-state index contributed by atoms with van der Waals surface area (Å²) in [6.45, 7) is 3.87. The molecule has 0 N–H and O–H groups in total. The molecule has 6 heterocycles. The molecule has 0 amide bonds. The van der Waals surface area contributed by atoms with Crippen LogP contribution in [0.1, 0.15) is 11.4 Å². The maximum Gasteiger partial charge on any atom is 0.213 e. The highest BCUT2D eigenvalue weighted by Crippen LogP contribution is 2.30. The standard InChI is InChI=1S/C26H16N10S2/c1-13-21-23(29-17-9-5-3-7-15(17)27-21)35(33-13)25-31-19(11-37-25)20-12-38-26(32-20)36-24-22(14(2)34-36)28-16-8-4-6-10-18(16)30-24/h3-12H,1-2H3. The van der Waals surface area contributed by atoms with Crippen LogP contribution in [0, 0.1) is 13.8 Å². The van der Waals surface area contributed by atoms with Crippen LogP contribution in [0.2, 0.25) is 0 Å². The highest BCUT2D eigenvalue weighted by atomic mass is 32.1. The number of aryl methyl sites for hydroxylation is 2. The molecule has 182 valence electrons. The molecule has 38 heavy (non-hydrogen) atoms. The fraction of sp³-hybridized carbons (Fsp3) is 0.0769. The topological polar surface area (TPSA) is 113 Å². The summed E-state index contributed by atoms with van der Waals surface area (Å²) in [6.07, 6.45) is 0. The van der Waals surface area contributed by atoms with Crippen molar-refractivity contribution in [3.63, 3.8) is 0 Å². The van der Waals surface area contributed by atoms with Crippen LogP contribution in [0.5, 0.6) is 0 Å². The molecule has 10 nitrogen and oxygen atoms in total. The molecular formula is C26H16N10S2. The molecule has 6 aromatic heterocycles. The van der Waals surface area contributed by atoms with Crippen LogP contribution in [0.3, 0.4) is 0 Å². The molecule has 2 aromatic carbocycles. The second-order valence-corrected chi connectivity index (χ2v) is 10.5. The van der Waals surface area contributed by atoms with Crippen molar-refractivity contribution in [2.45, 2.75) is 13.8 Å². The highest BCUT2D eigenvalue weighted by Gasteiger charge is 2.19. The fourth-order valence-electron chi connectivity index (χ4n) is 4.48. The molecule has 0 radical (unpaired) electrons. The van der Waals surface area contributed by atoms with Crippen molar-refractivity contribution in [1.82, 2.24) is 49.5 Å². The molecule has 0 saturated heterocycles. The Morgan fingerprint density at radius 3 is 1.34 bits per heavy atom. The molecule has 0 aliphatic carbocycles. The second-order valence-electron chi connectivity index (χ2n) is 8.79. The van der Waals surface area contributed by atoms with Gasteiger partial charge in [-0.15, -0.1) is 22.7 Å². The van der Waals surface area contributed by atoms with Gasteiger partial charge in [0.1, 0.15) is 22.4 Å². The summed E-state index contributed by atoms with van der Waals surface area (Å²) in [6, 6.07) is 15.6. The van der Waals surface area contributed by atoms with Crippen molar-refractivity contribution < 1.29 is 0 Å². The first-order chi connectivity index (χ1) is 18.6. The maximum absolute atomic E-state index is 4.85. The largest absolute Gasteiger partial charge is 0.241 e. The minimum atomic E-state index is 0.686. The summed E-state index contributed by atoms with van der Waals surface area (Å²) < 4.78 is 3.52. The normalized spacial score (nSPS) is 11.9. The number of fused-ring (bicyclic) bond motifs is 4. The molecule has 0 aliphatic heterocycles. The van der Waals surface area contributed by atoms with Gasteiger partial charge in [0, 0.05) is 10.8 Å². The van der Waals surface area contributed by atoms with Crippen LogP contribution in [-0.4, -0.2) is 49.5 Å². The summed E-state index contributed by atoms with van der Waals surface area (Å²) in [5, 5.41) is 14.8. The van der Waals surface area contributed by atoms with E-state index in [-0.39, 0.29) is 0 Å². The van der Waals surface area contributed by atoms with Crippen LogP contribution < -0.4 is 0 Å². The molecule has 8 rings (SSSR count). The van der Waals surface area contributed by atoms with Crippen molar-refractivity contribution in [3.05, 3.63) is 70.7 Å². The summed E-state index contributed by atoms with van der Waals surface area (Å²) in [4.78, 5) is 28.9. The van der Waals surface area contributed by atoms with Crippen molar-refractivity contribution in [2.24, 2.45) is 0 Å². The van der Waals surface area contributed by atoms with Crippen molar-refractivity contribution in [2.75, 3.05) is 0 Å². The number of rotatable bonds is 3. The van der Waals surface area contributed by atoms with E-state index in [1.165, 1.54) is 22.7 Å². The Bertz CT molecular complexity index is 2030. The number of benzene rings is 2. The molecule has 0 unspecified atom stereocenters. The van der Waals surface area contributed by atoms with Gasteiger partial charge in [-0.05, 0) is 38.1 Å². The van der Waals surface area contributed by atoms with Gasteiger partial charge in [0.25, 0.3) is 0 Å². The van der Waals surface area contributed by atoms with Gasteiger partial charge in [0.05, 0.1) is 33.5 Å². The van der Waals surface area contributed by atoms with Gasteiger partial charge < -0.3 is 0 Å². The van der Waals surface area contributed by atoms with Crippen LogP contribution in [0.15, 0.2) is 59.3 Å². The smallest absolute Gasteiger partial charge is 0.213 e. The lowest BCUT2D eigenvalue weighted by Crippen LogP contribution is -1.99. The molecule has 0 atom stereocenters. The average Bonchev–Trinajstić information content (AvgIpc) is 3.73. The first kappa shape index (κ1) is 21.4. The Labute approximate surface area is 222 Å². The van der Waals surface area contributed by atoms with E-state index in [0.717, 1.165) is 55.9 Å². The summed E-state index contributed by atoms with van der Waals surface area (Å²) in [5.41, 5.74) is 9.36. The third-order valence-electron chi connectivity index (χ3n) is 6.30. The zero-order chi connectivity index (χ0) is 25.4. The van der Waals surface area contributed by atoms with Gasteiger partial charge in [-0.3, -0.25) is 0 Å². The molecule has 0 bridgehead atoms. The lowest BCUT2D eigenvalue weighted by atomic mass is 10.3. The van der Waals surface area contributed by atoms with Crippen molar-refractivity contribution in [3.8, 4) is 21.7 Å². The maximum atomic E-state index is 4.85. The minimum absolute atomic E-state index is 0.686. The third kappa shape index (κ3) is 3.17. The van der Waals surface area contributed by atoms with Gasteiger partial charge >= 0.3 is 0 Å². The summed E-state index contributed by atoms with van der Waals surface area (Å²) in [7, 11) is 0. The van der Waals surface area contributed by atoms with Gasteiger partial charge in [-0.25, -0.2) is 29.9 Å². The average molecular weight is 533 g/mol. The Morgan fingerprint density at radius 1 is 0.526 bits per heavy atom. The van der Waals surface area contributed by atoms with Gasteiger partial charge in [-0.2, -0.15) is 19.6 Å². The molecular weight excluding hydrogens is 516 g/mol. The lowest BCUT2D eigenvalue weighted by molar-refractivity contribution is 0.866. The lowest BCUT2D eigenvalue weighted by Gasteiger charge is -2.00. The zero-order valence-corrected chi connectivity index (χ0v) is 21.7. The fourth-order valence-corrected chi connectivity index (χ4v) is 6.01. The van der Waals surface area contributed by atoms with E-state index in [0.29, 0.717) is 21.6 Å². The van der Waals surface area contributed by atoms with E-state index in [2.05, 4.69) is 0 Å². The summed E-state index contributed by atoms with van der Waals surface area (Å²) in [5.74, 6) is 0. The molecule has 0 saturated carbocycles. The Morgan fingerprint density at radius 2 is 0.921 bits per heavy atom. The van der Waals surface area contributed by atoms with Gasteiger partial charge in [-0.1, -0.05) is 24.3 Å². The molecule has 0 fully saturated rings. The monoisotopic (exact) mass is 532 g/mol. The van der Waals surface area contributed by atoms with E-state index in [1.807, 2.05) is 73.1 Å². The number of hydrogen-bond acceptors (Lipinski definition) is 10. The SMILES string of the molecule is Cc1nn(-c2nc(-c3csc(-n4nc(C)c5nc6ccccc6nc54)n3)cs2)c2nc3ccccc3nc12. The van der Waals surface area contributed by atoms with E-state index >= 15 is 0 Å². The minimum Gasteiger partial charge on any atom is -0.241 e. The second kappa shape index (κ2) is 7.91. The van der Waals surface area contributed by atoms with E-state index in [1.54, 1.807) is 9.36 Å². The number of nitrogens with zero attached hydrogens (tertiary/aromatic N) is 10. The Hall–Kier alpha value is -4.68. The first-order valence-electron chi connectivity index (χ1n) is 11.8. The molecule has 0 aliphatic rings. The van der Waals surface area contributed by atoms with Crippen LogP contribution in [0.25, 0.3) is 66.0 Å². The zero-order valence-electron chi connectivity index (χ0n) is 20.1. The van der Waals surface area contributed by atoms with E-state index < -0.39 is 0 Å². The van der Waals surface area contributed by atoms with Crippen molar-refractivity contribution >= 4 is 67.1 Å². The van der Waals surface area contributed by atoms with E-state index in [4.69, 9.17) is 40.1 Å². The van der Waals surface area contributed by atoms with Crippen molar-refractivity contribution in [1.29, 1.82) is 0 Å². The van der Waals surface area contributed by atoms with Crippen LogP contribution in [0.4, 0.5) is 0 Å². The predicted molar refractivity (Wildman–Crippen MR) is 148 cm³/mol. The number of hydrogen-bond donors (Lipinski definition) is 0. The molecule has 0 spiro atoms. The molecule has 12 heteroatoms. The van der Waals surface area contributed by atoms with Crippen LogP contribution in [-0.2, 0) is 0 Å². The quantitative estimate of drug-likeness (QED) is 0.295. The Kier molecular flexibility index (Phi) is 4.46. The first-order valence-corrected chi connectivity index (χ1v) is 13.5. The highest BCUT2D eigenvalue weighted by molar-refractivity contribution is 7.13. The third-order valence-corrected chi connectivity index (χ3v) is 7.93. The summed E-state index contributed by atoms with van der Waals surface area (Å²) >= 11 is 2.97. The number of para-hydroxylation sites is 4. The predicted octanol–water partition coefficient (Wildman–Crippen LogP) is 5.45. The molecule has 8 aromatic rings. The van der Waals surface area contributed by atoms with Gasteiger partial charge in [0.2, 0.25) is 10.3 Å². The Balaban J connectivity index is 1.20. The number of aromatic nitrogens is 10. The number of thiazole rings is 2. The van der Waals surface area contributed by atoms with Gasteiger partial charge in [0.15, 0.2) is 11.3 Å². The van der Waals surface area contributed by atoms with Crippen LogP contribution >= 0.6 is 22.7 Å².